The lowest BCUT2D eigenvalue weighted by Crippen LogP contribution is -2.31. The van der Waals surface area contributed by atoms with Gasteiger partial charge in [-0.25, -0.2) is 4.39 Å². The lowest BCUT2D eigenvalue weighted by atomic mass is 10.2. The van der Waals surface area contributed by atoms with Gasteiger partial charge in [0, 0.05) is 6.61 Å². The minimum absolute atomic E-state index is 0.237. The summed E-state index contributed by atoms with van der Waals surface area (Å²) in [6.45, 7) is 0.946. The van der Waals surface area contributed by atoms with Crippen LogP contribution in [-0.4, -0.2) is 25.6 Å². The second-order valence-electron chi connectivity index (χ2n) is 4.68. The summed E-state index contributed by atoms with van der Waals surface area (Å²) in [7, 11) is 0. The van der Waals surface area contributed by atoms with Gasteiger partial charge in [-0.3, -0.25) is 0 Å². The van der Waals surface area contributed by atoms with Gasteiger partial charge in [0.25, 0.3) is 0 Å². The summed E-state index contributed by atoms with van der Waals surface area (Å²) in [6, 6.07) is 7.85. The predicted molar refractivity (Wildman–Crippen MR) is 70.6 cm³/mol. The van der Waals surface area contributed by atoms with Crippen LogP contribution >= 0.6 is 0 Å². The molecule has 1 aromatic rings. The number of ether oxygens (including phenoxy) is 3. The minimum atomic E-state index is -0.340. The van der Waals surface area contributed by atoms with Crippen LogP contribution in [0.4, 0.5) is 4.39 Å². The Morgan fingerprint density at radius 1 is 1.35 bits per heavy atom. The van der Waals surface area contributed by atoms with Crippen LogP contribution in [0, 0.1) is 17.1 Å². The number of halogens is 1. The van der Waals surface area contributed by atoms with E-state index in [1.807, 2.05) is 0 Å². The van der Waals surface area contributed by atoms with E-state index < -0.39 is 0 Å². The average molecular weight is 279 g/mol. The Bertz CT molecular complexity index is 437. The van der Waals surface area contributed by atoms with Gasteiger partial charge < -0.3 is 14.2 Å². The van der Waals surface area contributed by atoms with Crippen LogP contribution in [0.5, 0.6) is 5.75 Å². The normalized spacial score (nSPS) is 20.1. The minimum Gasteiger partial charge on any atom is -0.491 e. The molecule has 1 aliphatic heterocycles. The fourth-order valence-electron chi connectivity index (χ4n) is 2.00. The molecule has 1 fully saturated rings. The van der Waals surface area contributed by atoms with Gasteiger partial charge in [-0.05, 0) is 43.5 Å². The van der Waals surface area contributed by atoms with E-state index in [9.17, 15) is 4.39 Å². The average Bonchev–Trinajstić information content (AvgIpc) is 2.48. The van der Waals surface area contributed by atoms with Gasteiger partial charge in [-0.2, -0.15) is 5.26 Å². The second kappa shape index (κ2) is 7.83. The molecule has 1 saturated heterocycles. The van der Waals surface area contributed by atoms with Crippen molar-refractivity contribution in [1.29, 1.82) is 5.26 Å². The Morgan fingerprint density at radius 3 is 2.80 bits per heavy atom. The van der Waals surface area contributed by atoms with Gasteiger partial charge in [0.05, 0.1) is 12.5 Å². The third-order valence-corrected chi connectivity index (χ3v) is 3.05. The Balaban J connectivity index is 1.82. The molecular weight excluding hydrogens is 261 g/mol. The van der Waals surface area contributed by atoms with Gasteiger partial charge in [0.15, 0.2) is 6.29 Å². The van der Waals surface area contributed by atoms with Crippen LogP contribution in [0.2, 0.25) is 0 Å². The molecule has 5 heteroatoms. The number of nitriles is 1. The van der Waals surface area contributed by atoms with Crippen molar-refractivity contribution in [3.63, 3.8) is 0 Å². The van der Waals surface area contributed by atoms with Crippen molar-refractivity contribution in [3.8, 4) is 11.8 Å². The predicted octanol–water partition coefficient (Wildman–Crippen LogP) is 3.03. The summed E-state index contributed by atoms with van der Waals surface area (Å²) >= 11 is 0. The summed E-state index contributed by atoms with van der Waals surface area (Å²) in [6.07, 6.45) is 2.61. The first kappa shape index (κ1) is 14.8. The topological polar surface area (TPSA) is 51.5 Å². The molecule has 2 atom stereocenters. The van der Waals surface area contributed by atoms with Gasteiger partial charge in [0.1, 0.15) is 24.3 Å². The number of hydrogen-bond donors (Lipinski definition) is 0. The monoisotopic (exact) mass is 279 g/mol. The fourth-order valence-corrected chi connectivity index (χ4v) is 2.00. The molecule has 0 spiro atoms. The lowest BCUT2D eigenvalue weighted by Gasteiger charge is -2.26. The second-order valence-corrected chi connectivity index (χ2v) is 4.68. The zero-order valence-electron chi connectivity index (χ0n) is 11.3. The Labute approximate surface area is 118 Å². The Morgan fingerprint density at radius 2 is 2.15 bits per heavy atom. The van der Waals surface area contributed by atoms with E-state index >= 15 is 0 Å². The van der Waals surface area contributed by atoms with E-state index in [0.717, 1.165) is 19.3 Å². The molecule has 1 heterocycles. The molecule has 20 heavy (non-hydrogen) atoms. The first-order chi connectivity index (χ1) is 9.78. The maximum atomic E-state index is 12.8. The van der Waals surface area contributed by atoms with Gasteiger partial charge in [-0.15, -0.1) is 0 Å². The molecule has 108 valence electrons. The number of rotatable bonds is 6. The van der Waals surface area contributed by atoms with Crippen LogP contribution < -0.4 is 4.74 Å². The maximum Gasteiger partial charge on any atom is 0.158 e. The molecule has 1 aliphatic rings. The molecule has 0 amide bonds. The van der Waals surface area contributed by atoms with Gasteiger partial charge in [-0.1, -0.05) is 0 Å². The molecule has 0 aliphatic carbocycles. The fraction of sp³-hybridized carbons (Fsp3) is 0.533. The standard InChI is InChI=1S/C15H18FNO3/c16-12-4-6-13(7-5-12)19-11-14(8-9-17)20-15-3-1-2-10-18-15/h4-7,14-15H,1-3,8,10-11H2. The van der Waals surface area contributed by atoms with E-state index in [1.54, 1.807) is 12.1 Å². The lowest BCUT2D eigenvalue weighted by molar-refractivity contribution is -0.191. The highest BCUT2D eigenvalue weighted by atomic mass is 19.1. The highest BCUT2D eigenvalue weighted by Gasteiger charge is 2.20. The van der Waals surface area contributed by atoms with E-state index in [4.69, 9.17) is 19.5 Å². The molecule has 4 nitrogen and oxygen atoms in total. The summed E-state index contributed by atoms with van der Waals surface area (Å²) < 4.78 is 29.5. The van der Waals surface area contributed by atoms with Crippen molar-refractivity contribution in [1.82, 2.24) is 0 Å². The van der Waals surface area contributed by atoms with Crippen LogP contribution in [0.25, 0.3) is 0 Å². The summed E-state index contributed by atoms with van der Waals surface area (Å²) in [5, 5.41) is 8.82. The van der Waals surface area contributed by atoms with Crippen molar-refractivity contribution < 1.29 is 18.6 Å². The van der Waals surface area contributed by atoms with E-state index in [0.29, 0.717) is 12.4 Å². The molecule has 0 bridgehead atoms. The molecule has 1 aromatic carbocycles. The van der Waals surface area contributed by atoms with Crippen molar-refractivity contribution in [2.75, 3.05) is 13.2 Å². The SMILES string of the molecule is N#CCC(COc1ccc(F)cc1)OC1CCCCO1. The van der Waals surface area contributed by atoms with Crippen LogP contribution in [0.3, 0.4) is 0 Å². The smallest absolute Gasteiger partial charge is 0.158 e. The van der Waals surface area contributed by atoms with Crippen molar-refractivity contribution in [2.45, 2.75) is 38.1 Å². The van der Waals surface area contributed by atoms with Crippen molar-refractivity contribution in [2.24, 2.45) is 0 Å². The molecule has 0 aromatic heterocycles. The molecular formula is C15H18FNO3. The molecule has 2 unspecified atom stereocenters. The first-order valence-corrected chi connectivity index (χ1v) is 6.80. The summed E-state index contributed by atoms with van der Waals surface area (Å²) in [5.74, 6) is 0.250. The zero-order chi connectivity index (χ0) is 14.2. The van der Waals surface area contributed by atoms with E-state index in [1.165, 1.54) is 12.1 Å². The molecule has 2 rings (SSSR count). The van der Waals surface area contributed by atoms with E-state index in [2.05, 4.69) is 6.07 Å². The first-order valence-electron chi connectivity index (χ1n) is 6.80. The Kier molecular flexibility index (Phi) is 5.78. The quantitative estimate of drug-likeness (QED) is 0.803. The number of benzene rings is 1. The van der Waals surface area contributed by atoms with Crippen LogP contribution in [0.1, 0.15) is 25.7 Å². The largest absolute Gasteiger partial charge is 0.491 e. The highest BCUT2D eigenvalue weighted by Crippen LogP contribution is 2.18. The van der Waals surface area contributed by atoms with Crippen LogP contribution in [-0.2, 0) is 9.47 Å². The van der Waals surface area contributed by atoms with Crippen molar-refractivity contribution in [3.05, 3.63) is 30.1 Å². The van der Waals surface area contributed by atoms with Gasteiger partial charge in [0.2, 0.25) is 0 Å². The number of hydrogen-bond acceptors (Lipinski definition) is 4. The molecule has 0 N–H and O–H groups in total. The van der Waals surface area contributed by atoms with Crippen LogP contribution in [0.15, 0.2) is 24.3 Å². The zero-order valence-corrected chi connectivity index (χ0v) is 11.3. The maximum absolute atomic E-state index is 12.8. The van der Waals surface area contributed by atoms with E-state index in [-0.39, 0.29) is 31.2 Å². The third-order valence-electron chi connectivity index (χ3n) is 3.05. The summed E-state index contributed by atoms with van der Waals surface area (Å²) in [4.78, 5) is 0. The van der Waals surface area contributed by atoms with Crippen molar-refractivity contribution >= 4 is 0 Å². The third kappa shape index (κ3) is 4.80. The molecule has 0 saturated carbocycles. The summed E-state index contributed by atoms with van der Waals surface area (Å²) in [5.41, 5.74) is 0. The number of nitrogens with zero attached hydrogens (tertiary/aromatic N) is 1. The molecule has 0 radical (unpaired) electrons. The highest BCUT2D eigenvalue weighted by molar-refractivity contribution is 5.22. The van der Waals surface area contributed by atoms with Gasteiger partial charge >= 0.3 is 0 Å². The Hall–Kier alpha value is -1.64.